The van der Waals surface area contributed by atoms with Crippen molar-refractivity contribution in [1.29, 1.82) is 0 Å². The van der Waals surface area contributed by atoms with Crippen molar-refractivity contribution in [1.82, 2.24) is 14.3 Å². The zero-order valence-electron chi connectivity index (χ0n) is 21.2. The quantitative estimate of drug-likeness (QED) is 0.337. The summed E-state index contributed by atoms with van der Waals surface area (Å²) in [6.45, 7) is 7.03. The molecule has 0 saturated carbocycles. The normalized spacial score (nSPS) is 15.2. The number of carbonyl (C=O) groups excluding carboxylic acids is 1. The van der Waals surface area contributed by atoms with Gasteiger partial charge < -0.3 is 0 Å². The number of pyridine rings is 1. The molecule has 5 rings (SSSR count). The van der Waals surface area contributed by atoms with Crippen molar-refractivity contribution in [3.63, 3.8) is 0 Å². The number of carbonyl (C=O) groups is 1. The van der Waals surface area contributed by atoms with Crippen LogP contribution in [0.15, 0.2) is 65.8 Å². The molecule has 0 bridgehead atoms. The molecule has 1 fully saturated rings. The molecule has 192 valence electrons. The highest BCUT2D eigenvalue weighted by molar-refractivity contribution is 7.89. The predicted octanol–water partition coefficient (Wildman–Crippen LogP) is 5.25. The molecule has 1 saturated heterocycles. The number of sulfonamides is 1. The Labute approximate surface area is 221 Å². The number of hydrogen-bond donors (Lipinski definition) is 0. The van der Waals surface area contributed by atoms with Gasteiger partial charge in [0.1, 0.15) is 0 Å². The summed E-state index contributed by atoms with van der Waals surface area (Å²) >= 11 is 1.51. The maximum absolute atomic E-state index is 13.9. The number of rotatable bonds is 6. The highest BCUT2D eigenvalue weighted by Gasteiger charge is 2.35. The second-order valence-corrected chi connectivity index (χ2v) is 12.6. The number of piperidine rings is 1. The first-order valence-electron chi connectivity index (χ1n) is 12.4. The van der Waals surface area contributed by atoms with Gasteiger partial charge in [0, 0.05) is 31.4 Å². The third-order valence-electron chi connectivity index (χ3n) is 7.10. The van der Waals surface area contributed by atoms with Gasteiger partial charge in [0.2, 0.25) is 15.9 Å². The highest BCUT2D eigenvalue weighted by atomic mass is 32.2. The first-order chi connectivity index (χ1) is 17.7. The van der Waals surface area contributed by atoms with Crippen molar-refractivity contribution < 1.29 is 13.2 Å². The van der Waals surface area contributed by atoms with Crippen LogP contribution in [0.4, 0.5) is 5.13 Å². The summed E-state index contributed by atoms with van der Waals surface area (Å²) in [5.41, 5.74) is 5.13. The number of amides is 1. The van der Waals surface area contributed by atoms with Gasteiger partial charge in [-0.25, -0.2) is 13.4 Å². The molecule has 1 aliphatic rings. The van der Waals surface area contributed by atoms with Crippen LogP contribution >= 0.6 is 11.3 Å². The Bertz CT molecular complexity index is 1530. The molecule has 0 radical (unpaired) electrons. The molecule has 7 nitrogen and oxygen atoms in total. The number of thiazole rings is 1. The van der Waals surface area contributed by atoms with Gasteiger partial charge in [0.15, 0.2) is 5.13 Å². The minimum Gasteiger partial charge on any atom is -0.283 e. The molecule has 0 aliphatic carbocycles. The van der Waals surface area contributed by atoms with Gasteiger partial charge in [-0.05, 0) is 74.6 Å². The average molecular weight is 535 g/mol. The van der Waals surface area contributed by atoms with Crippen molar-refractivity contribution in [2.75, 3.05) is 18.0 Å². The predicted molar refractivity (Wildman–Crippen MR) is 147 cm³/mol. The summed E-state index contributed by atoms with van der Waals surface area (Å²) in [5.74, 6) is -0.305. The Morgan fingerprint density at radius 1 is 1.05 bits per heavy atom. The first-order valence-corrected chi connectivity index (χ1v) is 14.6. The van der Waals surface area contributed by atoms with Gasteiger partial charge in [-0.3, -0.25) is 14.7 Å². The zero-order chi connectivity index (χ0) is 26.2. The van der Waals surface area contributed by atoms with Gasteiger partial charge in [0.25, 0.3) is 0 Å². The fourth-order valence-electron chi connectivity index (χ4n) is 4.67. The second-order valence-electron chi connectivity index (χ2n) is 9.63. The minimum absolute atomic E-state index is 0.0235. The molecule has 0 N–H and O–H groups in total. The molecule has 3 heterocycles. The average Bonchev–Trinajstić information content (AvgIpc) is 3.35. The van der Waals surface area contributed by atoms with Crippen molar-refractivity contribution in [2.24, 2.45) is 5.92 Å². The number of aryl methyl sites for hydroxylation is 3. The molecule has 4 aromatic rings. The van der Waals surface area contributed by atoms with Crippen molar-refractivity contribution in [3.8, 4) is 0 Å². The first kappa shape index (κ1) is 25.5. The van der Waals surface area contributed by atoms with Crippen LogP contribution in [0.5, 0.6) is 0 Å². The van der Waals surface area contributed by atoms with E-state index in [4.69, 9.17) is 4.98 Å². The van der Waals surface area contributed by atoms with Crippen molar-refractivity contribution in [2.45, 2.75) is 45.1 Å². The Balaban J connectivity index is 1.39. The van der Waals surface area contributed by atoms with Crippen LogP contribution in [0.25, 0.3) is 10.2 Å². The van der Waals surface area contributed by atoms with E-state index in [1.54, 1.807) is 41.6 Å². The fourth-order valence-corrected chi connectivity index (χ4v) is 7.17. The summed E-state index contributed by atoms with van der Waals surface area (Å²) < 4.78 is 28.8. The van der Waals surface area contributed by atoms with E-state index in [0.717, 1.165) is 32.5 Å². The summed E-state index contributed by atoms with van der Waals surface area (Å²) in [5, 5.41) is 0.659. The van der Waals surface area contributed by atoms with Gasteiger partial charge in [-0.2, -0.15) is 4.31 Å². The Morgan fingerprint density at radius 2 is 1.78 bits per heavy atom. The maximum Gasteiger partial charge on any atom is 0.243 e. The van der Waals surface area contributed by atoms with E-state index >= 15 is 0 Å². The molecule has 0 unspecified atom stereocenters. The van der Waals surface area contributed by atoms with E-state index in [1.807, 2.05) is 19.1 Å². The van der Waals surface area contributed by atoms with E-state index in [9.17, 15) is 13.2 Å². The lowest BCUT2D eigenvalue weighted by atomic mass is 9.96. The number of benzene rings is 2. The van der Waals surface area contributed by atoms with Crippen LogP contribution in [0.1, 0.15) is 35.1 Å². The third kappa shape index (κ3) is 5.16. The molecule has 0 atom stereocenters. The van der Waals surface area contributed by atoms with Crippen molar-refractivity contribution >= 4 is 42.6 Å². The van der Waals surface area contributed by atoms with E-state index in [2.05, 4.69) is 31.0 Å². The van der Waals surface area contributed by atoms with Crippen molar-refractivity contribution in [3.05, 3.63) is 83.2 Å². The van der Waals surface area contributed by atoms with Crippen LogP contribution < -0.4 is 4.90 Å². The smallest absolute Gasteiger partial charge is 0.243 e. The van der Waals surface area contributed by atoms with Crippen LogP contribution in [-0.4, -0.2) is 41.7 Å². The number of aromatic nitrogens is 2. The maximum atomic E-state index is 13.9. The molecule has 37 heavy (non-hydrogen) atoms. The molecular weight excluding hydrogens is 504 g/mol. The Hall–Kier alpha value is -3.14. The van der Waals surface area contributed by atoms with Crippen LogP contribution in [-0.2, 0) is 21.4 Å². The minimum atomic E-state index is -3.59. The Kier molecular flexibility index (Phi) is 7.11. The van der Waals surface area contributed by atoms with Crippen LogP contribution in [0.2, 0.25) is 0 Å². The molecule has 0 spiro atoms. The lowest BCUT2D eigenvalue weighted by Crippen LogP contribution is -2.44. The SMILES string of the molecule is Cc1ccc(S(=O)(=O)N2CCC(C(=O)N(Cc3cccnc3)c3nc4c(C)c(C)ccc4s3)CC2)cc1. The summed E-state index contributed by atoms with van der Waals surface area (Å²) in [6, 6.07) is 14.9. The second kappa shape index (κ2) is 10.3. The number of fused-ring (bicyclic) bond motifs is 1. The summed E-state index contributed by atoms with van der Waals surface area (Å²) in [7, 11) is -3.59. The van der Waals surface area contributed by atoms with Crippen LogP contribution in [0, 0.1) is 26.7 Å². The monoisotopic (exact) mass is 534 g/mol. The largest absolute Gasteiger partial charge is 0.283 e. The lowest BCUT2D eigenvalue weighted by Gasteiger charge is -2.33. The summed E-state index contributed by atoms with van der Waals surface area (Å²) in [6.07, 6.45) is 4.41. The zero-order valence-corrected chi connectivity index (χ0v) is 22.8. The third-order valence-corrected chi connectivity index (χ3v) is 10.1. The van der Waals surface area contributed by atoms with Gasteiger partial charge in [-0.15, -0.1) is 0 Å². The summed E-state index contributed by atoms with van der Waals surface area (Å²) in [4.78, 5) is 25.0. The van der Waals surface area contributed by atoms with Gasteiger partial charge >= 0.3 is 0 Å². The van der Waals surface area contributed by atoms with E-state index in [-0.39, 0.29) is 11.8 Å². The van der Waals surface area contributed by atoms with Gasteiger partial charge in [-0.1, -0.05) is 41.2 Å². The molecule has 1 aliphatic heterocycles. The van der Waals surface area contributed by atoms with E-state index < -0.39 is 10.0 Å². The van der Waals surface area contributed by atoms with E-state index in [0.29, 0.717) is 42.5 Å². The molecule has 2 aromatic carbocycles. The molecule has 9 heteroatoms. The highest BCUT2D eigenvalue weighted by Crippen LogP contribution is 2.35. The standard InChI is InChI=1S/C28H30N4O3S2/c1-19-6-9-24(10-7-19)37(34,35)31-15-12-23(13-16-31)27(33)32(18-22-5-4-14-29-17-22)28-30-26-21(3)20(2)8-11-25(26)36-28/h4-11,14,17,23H,12-13,15-16,18H2,1-3H3. The number of nitrogens with zero attached hydrogens (tertiary/aromatic N) is 4. The molecule has 1 amide bonds. The lowest BCUT2D eigenvalue weighted by molar-refractivity contribution is -0.123. The topological polar surface area (TPSA) is 83.5 Å². The molecule has 2 aromatic heterocycles. The Morgan fingerprint density at radius 3 is 2.46 bits per heavy atom. The number of anilines is 1. The molecular formula is C28H30N4O3S2. The van der Waals surface area contributed by atoms with Gasteiger partial charge in [0.05, 0.1) is 21.7 Å². The van der Waals surface area contributed by atoms with Crippen LogP contribution in [0.3, 0.4) is 0 Å². The number of hydrogen-bond acceptors (Lipinski definition) is 6. The van der Waals surface area contributed by atoms with E-state index in [1.165, 1.54) is 15.6 Å². The fraction of sp³-hybridized carbons (Fsp3) is 0.321.